The summed E-state index contributed by atoms with van der Waals surface area (Å²) in [5.41, 5.74) is 9.76. The van der Waals surface area contributed by atoms with Crippen molar-refractivity contribution in [1.29, 1.82) is 0 Å². The first-order chi connectivity index (χ1) is 23.9. The number of fused-ring (bicyclic) bond motifs is 12. The minimum atomic E-state index is 0.470. The van der Waals surface area contributed by atoms with Gasteiger partial charge >= 0.3 is 0 Å². The molecule has 0 saturated carbocycles. The highest BCUT2D eigenvalue weighted by atomic mass is 16.5. The van der Waals surface area contributed by atoms with Gasteiger partial charge in [0.25, 0.3) is 0 Å². The van der Waals surface area contributed by atoms with E-state index in [9.17, 15) is 0 Å². The topological polar surface area (TPSA) is 88.1 Å². The van der Waals surface area contributed by atoms with E-state index in [1.807, 2.05) is 19.2 Å². The Hall–Kier alpha value is -6.28. The summed E-state index contributed by atoms with van der Waals surface area (Å²) in [5.74, 6) is 1.35. The first kappa shape index (κ1) is 27.8. The van der Waals surface area contributed by atoms with Crippen molar-refractivity contribution in [2.45, 2.75) is 13.8 Å². The first-order valence-corrected chi connectivity index (χ1v) is 16.2. The van der Waals surface area contributed by atoms with Gasteiger partial charge in [-0.2, -0.15) is 0 Å². The minimum absolute atomic E-state index is 0.470. The quantitative estimate of drug-likeness (QED) is 0.174. The molecule has 0 radical (unpaired) electrons. The van der Waals surface area contributed by atoms with Crippen molar-refractivity contribution in [3.05, 3.63) is 96.1 Å². The predicted octanol–water partition coefficient (Wildman–Crippen LogP) is 9.77. The normalized spacial score (nSPS) is 12.2. The number of aromatic nitrogens is 5. The molecule has 0 amide bonds. The van der Waals surface area contributed by atoms with Gasteiger partial charge in [-0.05, 0) is 78.9 Å². The SMILES string of the molecule is COc1c2cc(C)cc1c1nc3c(ccc4ccc5c(nc(c6cc(C)cc(c6OC)c6ccc7ccc8ccc2nc8c7n6)n5C)c43)o1. The van der Waals surface area contributed by atoms with Crippen molar-refractivity contribution in [3.63, 3.8) is 0 Å². The molecule has 0 unspecified atom stereocenters. The maximum absolute atomic E-state index is 6.53. The summed E-state index contributed by atoms with van der Waals surface area (Å²) in [5, 5.41) is 7.31. The van der Waals surface area contributed by atoms with Crippen molar-refractivity contribution in [1.82, 2.24) is 24.5 Å². The monoisotopic (exact) mass is 639 g/mol. The number of ether oxygens (including phenoxy) is 2. The van der Waals surface area contributed by atoms with Crippen molar-refractivity contribution < 1.29 is 13.9 Å². The Morgan fingerprint density at radius 3 is 1.76 bits per heavy atom. The van der Waals surface area contributed by atoms with Crippen LogP contribution in [-0.4, -0.2) is 38.7 Å². The molecule has 12 bridgehead atoms. The zero-order valence-corrected chi connectivity index (χ0v) is 27.5. The van der Waals surface area contributed by atoms with Gasteiger partial charge in [0.05, 0.1) is 58.1 Å². The van der Waals surface area contributed by atoms with E-state index in [1.54, 1.807) is 14.2 Å². The molecule has 5 aromatic heterocycles. The maximum atomic E-state index is 6.53. The molecule has 8 nitrogen and oxygen atoms in total. The van der Waals surface area contributed by atoms with Crippen LogP contribution in [0.1, 0.15) is 11.1 Å². The van der Waals surface area contributed by atoms with Gasteiger partial charge in [0, 0.05) is 34.0 Å². The van der Waals surface area contributed by atoms with Crippen LogP contribution in [0.25, 0.3) is 98.7 Å². The fourth-order valence-electron chi connectivity index (χ4n) is 7.57. The molecule has 0 spiro atoms. The second-order valence-corrected chi connectivity index (χ2v) is 12.8. The molecule has 0 aliphatic heterocycles. The van der Waals surface area contributed by atoms with Crippen LogP contribution in [0.3, 0.4) is 0 Å². The van der Waals surface area contributed by atoms with Crippen LogP contribution in [0.15, 0.2) is 89.3 Å². The third-order valence-electron chi connectivity index (χ3n) is 9.81. The lowest BCUT2D eigenvalue weighted by Crippen LogP contribution is -1.93. The molecule has 0 atom stereocenters. The number of pyridine rings is 2. The van der Waals surface area contributed by atoms with Gasteiger partial charge in [0.15, 0.2) is 5.58 Å². The Morgan fingerprint density at radius 1 is 0.551 bits per heavy atom. The van der Waals surface area contributed by atoms with E-state index < -0.39 is 0 Å². The minimum Gasteiger partial charge on any atom is -0.495 e. The molecule has 0 aliphatic carbocycles. The van der Waals surface area contributed by atoms with E-state index in [0.29, 0.717) is 22.8 Å². The molecule has 8 heteroatoms. The van der Waals surface area contributed by atoms with Gasteiger partial charge in [0.2, 0.25) is 5.71 Å². The van der Waals surface area contributed by atoms with Gasteiger partial charge in [-0.15, -0.1) is 0 Å². The zero-order chi connectivity index (χ0) is 33.1. The van der Waals surface area contributed by atoms with E-state index in [0.717, 1.165) is 98.5 Å². The Kier molecular flexibility index (Phi) is 5.60. The fourth-order valence-corrected chi connectivity index (χ4v) is 7.57. The lowest BCUT2D eigenvalue weighted by atomic mass is 10.1. The fraction of sp³-hybridized carbons (Fsp3) is 0.122. The summed E-state index contributed by atoms with van der Waals surface area (Å²) in [6.07, 6.45) is 0. The van der Waals surface area contributed by atoms with E-state index in [1.165, 1.54) is 0 Å². The lowest BCUT2D eigenvalue weighted by Gasteiger charge is -2.10. The lowest BCUT2D eigenvalue weighted by molar-refractivity contribution is 0.424. The van der Waals surface area contributed by atoms with E-state index in [-0.39, 0.29) is 0 Å². The number of oxazole rings is 1. The molecule has 49 heavy (non-hydrogen) atoms. The van der Waals surface area contributed by atoms with Crippen molar-refractivity contribution in [3.8, 4) is 11.5 Å². The smallest absolute Gasteiger partial charge is 0.231 e. The first-order valence-electron chi connectivity index (χ1n) is 16.2. The summed E-state index contributed by atoms with van der Waals surface area (Å²) in [4.78, 5) is 21.0. The Labute approximate surface area is 279 Å². The number of nitrogens with zero attached hydrogens (tertiary/aromatic N) is 5. The summed E-state index contributed by atoms with van der Waals surface area (Å²) in [7, 11) is 5.43. The van der Waals surface area contributed by atoms with Gasteiger partial charge in [-0.3, -0.25) is 0 Å². The summed E-state index contributed by atoms with van der Waals surface area (Å²) in [6, 6.07) is 29.1. The van der Waals surface area contributed by atoms with Crippen molar-refractivity contribution >= 4 is 98.7 Å². The number of aryl methyl sites for hydroxylation is 3. The number of imidazole rings is 1. The molecule has 10 aromatic rings. The zero-order valence-electron chi connectivity index (χ0n) is 27.5. The number of benzene rings is 5. The summed E-state index contributed by atoms with van der Waals surface area (Å²) >= 11 is 0. The van der Waals surface area contributed by atoms with Crippen LogP contribution < -0.4 is 9.47 Å². The molecule has 10 rings (SSSR count). The van der Waals surface area contributed by atoms with Gasteiger partial charge in [0.1, 0.15) is 22.7 Å². The molecular weight excluding hydrogens is 610 g/mol. The molecule has 5 heterocycles. The summed E-state index contributed by atoms with van der Waals surface area (Å²) < 4.78 is 21.0. The number of hydrogen-bond acceptors (Lipinski definition) is 7. The Balaban J connectivity index is 1.54. The van der Waals surface area contributed by atoms with E-state index >= 15 is 0 Å². The molecule has 5 aromatic carbocycles. The second kappa shape index (κ2) is 9.87. The second-order valence-electron chi connectivity index (χ2n) is 12.8. The molecule has 236 valence electrons. The number of hydrogen-bond donors (Lipinski definition) is 0. The highest BCUT2D eigenvalue weighted by molar-refractivity contribution is 6.18. The molecule has 0 saturated heterocycles. The molecule has 0 N–H and O–H groups in total. The molecule has 0 fully saturated rings. The van der Waals surface area contributed by atoms with Gasteiger partial charge in [-0.25, -0.2) is 19.9 Å². The van der Waals surface area contributed by atoms with Crippen LogP contribution in [0.5, 0.6) is 11.5 Å². The van der Waals surface area contributed by atoms with Gasteiger partial charge < -0.3 is 18.5 Å². The van der Waals surface area contributed by atoms with Crippen LogP contribution >= 0.6 is 0 Å². The van der Waals surface area contributed by atoms with Gasteiger partial charge in [-0.1, -0.05) is 36.4 Å². The van der Waals surface area contributed by atoms with Crippen LogP contribution in [0.4, 0.5) is 0 Å². The van der Waals surface area contributed by atoms with Crippen LogP contribution in [0, 0.1) is 13.8 Å². The summed E-state index contributed by atoms with van der Waals surface area (Å²) in [6.45, 7) is 4.15. The van der Waals surface area contributed by atoms with Crippen LogP contribution in [0.2, 0.25) is 0 Å². The largest absolute Gasteiger partial charge is 0.495 e. The highest BCUT2D eigenvalue weighted by Gasteiger charge is 2.19. The van der Waals surface area contributed by atoms with E-state index in [4.69, 9.17) is 33.8 Å². The molecule has 0 aliphatic rings. The third-order valence-corrected chi connectivity index (χ3v) is 9.81. The Bertz CT molecular complexity index is 3120. The van der Waals surface area contributed by atoms with Crippen molar-refractivity contribution in [2.24, 2.45) is 7.05 Å². The molecular formula is C41H29N5O3. The van der Waals surface area contributed by atoms with Crippen molar-refractivity contribution in [2.75, 3.05) is 14.2 Å². The third kappa shape index (κ3) is 3.85. The average Bonchev–Trinajstić information content (AvgIpc) is 3.71. The highest BCUT2D eigenvalue weighted by Crippen LogP contribution is 2.39. The number of rotatable bonds is 2. The maximum Gasteiger partial charge on any atom is 0.231 e. The number of methoxy groups -OCH3 is 2. The predicted molar refractivity (Wildman–Crippen MR) is 198 cm³/mol. The van der Waals surface area contributed by atoms with Crippen LogP contribution in [-0.2, 0) is 7.05 Å². The Morgan fingerprint density at radius 2 is 1.10 bits per heavy atom. The standard InChI is InChI=1S/C41H29N5O3/c1-20-16-25-29-12-8-23-6-7-24-9-13-30(43-35(24)34(23)42-29)26-17-21(2)19-28(39(26)48-5)41-45-37-32(49-41)15-11-22-10-14-31-36(33(22)37)44-40(46(31)3)27(18-20)38(25)47-4/h6-19H,1-5H3. The van der Waals surface area contributed by atoms with E-state index in [2.05, 4.69) is 91.2 Å². The average molecular weight is 640 g/mol.